The van der Waals surface area contributed by atoms with E-state index in [0.29, 0.717) is 12.5 Å². The third-order valence-electron chi connectivity index (χ3n) is 3.03. The second-order valence-corrected chi connectivity index (χ2v) is 4.86. The van der Waals surface area contributed by atoms with Crippen LogP contribution in [-0.2, 0) is 17.9 Å². The molecule has 0 radical (unpaired) electrons. The number of hydrogen-bond acceptors (Lipinski definition) is 3. The van der Waals surface area contributed by atoms with Crippen LogP contribution in [0.2, 0.25) is 0 Å². The maximum Gasteiger partial charge on any atom is 0.130 e. The predicted octanol–water partition coefficient (Wildman–Crippen LogP) is 3.26. The highest BCUT2D eigenvalue weighted by Gasteiger charge is 2.11. The lowest BCUT2D eigenvalue weighted by Gasteiger charge is -2.15. The molecule has 1 rings (SSSR count). The van der Waals surface area contributed by atoms with Gasteiger partial charge in [0.1, 0.15) is 18.1 Å². The van der Waals surface area contributed by atoms with Crippen LogP contribution in [0.25, 0.3) is 0 Å². The van der Waals surface area contributed by atoms with Gasteiger partial charge in [-0.2, -0.15) is 0 Å². The molecule has 0 fully saturated rings. The summed E-state index contributed by atoms with van der Waals surface area (Å²) in [5.74, 6) is 2.47. The van der Waals surface area contributed by atoms with Crippen molar-refractivity contribution in [3.63, 3.8) is 0 Å². The molecule has 1 heterocycles. The van der Waals surface area contributed by atoms with Crippen molar-refractivity contribution in [2.24, 2.45) is 5.92 Å². The highest BCUT2D eigenvalue weighted by atomic mass is 16.5. The van der Waals surface area contributed by atoms with Gasteiger partial charge in [-0.15, -0.1) is 0 Å². The molecule has 3 nitrogen and oxygen atoms in total. The van der Waals surface area contributed by atoms with Crippen molar-refractivity contribution in [1.29, 1.82) is 0 Å². The van der Waals surface area contributed by atoms with Gasteiger partial charge in [-0.25, -0.2) is 0 Å². The minimum absolute atomic E-state index is 0.262. The molecule has 1 aromatic heterocycles. The fourth-order valence-corrected chi connectivity index (χ4v) is 1.48. The van der Waals surface area contributed by atoms with Crippen molar-refractivity contribution >= 4 is 0 Å². The van der Waals surface area contributed by atoms with Gasteiger partial charge in [0.15, 0.2) is 0 Å². The molecule has 0 spiro atoms. The topological polar surface area (TPSA) is 34.4 Å². The first kappa shape index (κ1) is 14.3. The molecule has 0 aliphatic heterocycles. The first-order chi connectivity index (χ1) is 8.04. The summed E-state index contributed by atoms with van der Waals surface area (Å²) >= 11 is 0. The van der Waals surface area contributed by atoms with Crippen molar-refractivity contribution in [2.45, 2.75) is 53.9 Å². The zero-order chi connectivity index (χ0) is 12.8. The van der Waals surface area contributed by atoms with Gasteiger partial charge in [0.05, 0.1) is 12.6 Å². The van der Waals surface area contributed by atoms with Gasteiger partial charge in [-0.05, 0) is 37.9 Å². The van der Waals surface area contributed by atoms with Gasteiger partial charge >= 0.3 is 0 Å². The summed E-state index contributed by atoms with van der Waals surface area (Å²) in [4.78, 5) is 0. The Morgan fingerprint density at radius 2 is 2.06 bits per heavy atom. The maximum atomic E-state index is 5.76. The molecule has 0 amide bonds. The Kier molecular flexibility index (Phi) is 5.72. The van der Waals surface area contributed by atoms with Gasteiger partial charge < -0.3 is 14.5 Å². The summed E-state index contributed by atoms with van der Waals surface area (Å²) in [5, 5.41) is 3.27. The molecule has 3 heteroatoms. The minimum Gasteiger partial charge on any atom is -0.462 e. The van der Waals surface area contributed by atoms with Crippen LogP contribution < -0.4 is 5.32 Å². The van der Waals surface area contributed by atoms with E-state index >= 15 is 0 Å². The van der Waals surface area contributed by atoms with Gasteiger partial charge in [-0.1, -0.05) is 20.8 Å². The Morgan fingerprint density at radius 1 is 1.35 bits per heavy atom. The monoisotopic (exact) mass is 239 g/mol. The van der Waals surface area contributed by atoms with Crippen LogP contribution in [0.1, 0.15) is 44.8 Å². The van der Waals surface area contributed by atoms with Crippen molar-refractivity contribution in [1.82, 2.24) is 5.32 Å². The summed E-state index contributed by atoms with van der Waals surface area (Å²) in [6, 6.07) is 2.07. The van der Waals surface area contributed by atoms with E-state index in [4.69, 9.17) is 9.15 Å². The number of ether oxygens (including phenoxy) is 1. The first-order valence-electron chi connectivity index (χ1n) is 6.45. The van der Waals surface area contributed by atoms with E-state index in [1.165, 1.54) is 5.56 Å². The normalized spacial score (nSPS) is 13.3. The molecule has 0 aromatic carbocycles. The Morgan fingerprint density at radius 3 is 2.65 bits per heavy atom. The van der Waals surface area contributed by atoms with Gasteiger partial charge in [0.2, 0.25) is 0 Å². The molecular formula is C14H25NO2. The average Bonchev–Trinajstić information content (AvgIpc) is 2.64. The van der Waals surface area contributed by atoms with Crippen molar-refractivity contribution in [3.8, 4) is 0 Å². The van der Waals surface area contributed by atoms with E-state index in [1.807, 2.05) is 0 Å². The summed E-state index contributed by atoms with van der Waals surface area (Å²) in [6.07, 6.45) is 0.262. The van der Waals surface area contributed by atoms with E-state index in [0.717, 1.165) is 24.6 Å². The molecule has 98 valence electrons. The standard InChI is InChI=1S/C14H25NO2/c1-6-15-8-14-11(4)7-13(17-14)9-16-12(5)10(2)3/h7,10,12,15H,6,8-9H2,1-5H3. The van der Waals surface area contributed by atoms with Gasteiger partial charge in [0, 0.05) is 0 Å². The van der Waals surface area contributed by atoms with Crippen molar-refractivity contribution in [3.05, 3.63) is 23.2 Å². The Hall–Kier alpha value is -0.800. The molecule has 1 aromatic rings. The van der Waals surface area contributed by atoms with E-state index in [2.05, 4.69) is 46.0 Å². The Balaban J connectivity index is 2.49. The third-order valence-corrected chi connectivity index (χ3v) is 3.03. The van der Waals surface area contributed by atoms with Crippen LogP contribution in [0.4, 0.5) is 0 Å². The lowest BCUT2D eigenvalue weighted by molar-refractivity contribution is 0.0145. The summed E-state index contributed by atoms with van der Waals surface area (Å²) < 4.78 is 11.5. The maximum absolute atomic E-state index is 5.76. The molecule has 0 saturated carbocycles. The minimum atomic E-state index is 0.262. The smallest absolute Gasteiger partial charge is 0.130 e. The average molecular weight is 239 g/mol. The molecule has 17 heavy (non-hydrogen) atoms. The quantitative estimate of drug-likeness (QED) is 0.793. The van der Waals surface area contributed by atoms with Crippen LogP contribution in [0, 0.1) is 12.8 Å². The second-order valence-electron chi connectivity index (χ2n) is 4.86. The summed E-state index contributed by atoms with van der Waals surface area (Å²) in [7, 11) is 0. The molecular weight excluding hydrogens is 214 g/mol. The molecule has 0 bridgehead atoms. The van der Waals surface area contributed by atoms with Crippen LogP contribution in [0.3, 0.4) is 0 Å². The molecule has 0 saturated heterocycles. The van der Waals surface area contributed by atoms with Crippen LogP contribution in [-0.4, -0.2) is 12.6 Å². The van der Waals surface area contributed by atoms with Crippen molar-refractivity contribution < 1.29 is 9.15 Å². The predicted molar refractivity (Wildman–Crippen MR) is 69.9 cm³/mol. The molecule has 1 unspecified atom stereocenters. The summed E-state index contributed by atoms with van der Waals surface area (Å²) in [6.45, 7) is 12.9. The fraction of sp³-hybridized carbons (Fsp3) is 0.714. The highest BCUT2D eigenvalue weighted by molar-refractivity contribution is 5.19. The van der Waals surface area contributed by atoms with E-state index < -0.39 is 0 Å². The van der Waals surface area contributed by atoms with Crippen LogP contribution in [0.15, 0.2) is 10.5 Å². The summed E-state index contributed by atoms with van der Waals surface area (Å²) in [5.41, 5.74) is 1.20. The largest absolute Gasteiger partial charge is 0.462 e. The molecule has 1 N–H and O–H groups in total. The number of furan rings is 1. The first-order valence-corrected chi connectivity index (χ1v) is 6.45. The van der Waals surface area contributed by atoms with Gasteiger partial charge in [0.25, 0.3) is 0 Å². The number of hydrogen-bond donors (Lipinski definition) is 1. The van der Waals surface area contributed by atoms with Gasteiger partial charge in [-0.3, -0.25) is 0 Å². The Bertz CT molecular complexity index is 331. The van der Waals surface area contributed by atoms with E-state index in [1.54, 1.807) is 0 Å². The zero-order valence-corrected chi connectivity index (χ0v) is 11.7. The van der Waals surface area contributed by atoms with Crippen molar-refractivity contribution in [2.75, 3.05) is 6.54 Å². The number of nitrogens with one attached hydrogen (secondary N) is 1. The Labute approximate surface area is 105 Å². The SMILES string of the molecule is CCNCc1oc(COC(C)C(C)C)cc1C. The molecule has 1 atom stereocenters. The molecule has 0 aliphatic rings. The lowest BCUT2D eigenvalue weighted by Crippen LogP contribution is -2.14. The highest BCUT2D eigenvalue weighted by Crippen LogP contribution is 2.17. The number of aryl methyl sites for hydroxylation is 1. The zero-order valence-electron chi connectivity index (χ0n) is 11.7. The van der Waals surface area contributed by atoms with Crippen LogP contribution >= 0.6 is 0 Å². The second kappa shape index (κ2) is 6.82. The fourth-order valence-electron chi connectivity index (χ4n) is 1.48. The third kappa shape index (κ3) is 4.52. The van der Waals surface area contributed by atoms with E-state index in [-0.39, 0.29) is 6.10 Å². The van der Waals surface area contributed by atoms with E-state index in [9.17, 15) is 0 Å². The molecule has 0 aliphatic carbocycles. The lowest BCUT2D eigenvalue weighted by atomic mass is 10.1. The number of rotatable bonds is 7. The van der Waals surface area contributed by atoms with Crippen LogP contribution in [0.5, 0.6) is 0 Å².